The summed E-state index contributed by atoms with van der Waals surface area (Å²) in [5, 5.41) is 3.54. The molecule has 0 unspecified atom stereocenters. The molecule has 0 aliphatic carbocycles. The molecular weight excluding hydrogens is 324 g/mol. The number of aromatic nitrogens is 2. The number of aromatic amines is 1. The van der Waals surface area contributed by atoms with Gasteiger partial charge >= 0.3 is 0 Å². The second-order valence-electron chi connectivity index (χ2n) is 5.86. The molecule has 0 aliphatic heterocycles. The van der Waals surface area contributed by atoms with Crippen molar-refractivity contribution in [3.8, 4) is 11.4 Å². The van der Waals surface area contributed by atoms with Gasteiger partial charge in [0.1, 0.15) is 5.82 Å². The number of amides is 1. The zero-order valence-electron chi connectivity index (χ0n) is 13.6. The fourth-order valence-electron chi connectivity index (χ4n) is 2.43. The molecule has 5 nitrogen and oxygen atoms in total. The third-order valence-corrected chi connectivity index (χ3v) is 4.05. The molecular formula is C18H19ClN4O. The molecule has 0 atom stereocenters. The number of nitrogens with one attached hydrogen (secondary N) is 2. The molecule has 2 aromatic carbocycles. The SMILES string of the molecule is CN(C)CCNC(=O)c1ccc2nc(-c3ccccc3Cl)[nH]c2c1. The van der Waals surface area contributed by atoms with Crippen molar-refractivity contribution in [2.45, 2.75) is 0 Å². The molecule has 0 aliphatic rings. The van der Waals surface area contributed by atoms with Gasteiger partial charge < -0.3 is 15.2 Å². The maximum absolute atomic E-state index is 12.2. The third-order valence-electron chi connectivity index (χ3n) is 3.72. The molecule has 3 rings (SSSR count). The number of likely N-dealkylation sites (N-methyl/N-ethyl adjacent to an activating group) is 1. The number of halogens is 1. The van der Waals surface area contributed by atoms with Crippen molar-refractivity contribution >= 4 is 28.5 Å². The average molecular weight is 343 g/mol. The Morgan fingerprint density at radius 2 is 2.04 bits per heavy atom. The molecule has 0 saturated heterocycles. The number of fused-ring (bicyclic) bond motifs is 1. The molecule has 1 aromatic heterocycles. The third kappa shape index (κ3) is 3.58. The predicted octanol–water partition coefficient (Wildman–Crippen LogP) is 3.17. The summed E-state index contributed by atoms with van der Waals surface area (Å²) in [5.41, 5.74) is 3.06. The van der Waals surface area contributed by atoms with Gasteiger partial charge in [-0.25, -0.2) is 4.98 Å². The molecule has 0 radical (unpaired) electrons. The Labute approximate surface area is 145 Å². The van der Waals surface area contributed by atoms with Gasteiger partial charge in [0, 0.05) is 24.2 Å². The van der Waals surface area contributed by atoms with E-state index < -0.39 is 0 Å². The highest BCUT2D eigenvalue weighted by Gasteiger charge is 2.11. The van der Waals surface area contributed by atoms with Gasteiger partial charge in [0.15, 0.2) is 0 Å². The number of benzene rings is 2. The minimum atomic E-state index is -0.0901. The molecule has 0 saturated carbocycles. The van der Waals surface area contributed by atoms with Gasteiger partial charge in [0.25, 0.3) is 5.91 Å². The van der Waals surface area contributed by atoms with Crippen LogP contribution in [-0.2, 0) is 0 Å². The summed E-state index contributed by atoms with van der Waals surface area (Å²) < 4.78 is 0. The van der Waals surface area contributed by atoms with E-state index in [1.54, 1.807) is 6.07 Å². The summed E-state index contributed by atoms with van der Waals surface area (Å²) in [5.74, 6) is 0.605. The Kier molecular flexibility index (Phi) is 4.83. The topological polar surface area (TPSA) is 61.0 Å². The van der Waals surface area contributed by atoms with E-state index in [2.05, 4.69) is 15.3 Å². The van der Waals surface area contributed by atoms with Crippen LogP contribution in [0, 0.1) is 0 Å². The first kappa shape index (κ1) is 16.5. The first-order chi connectivity index (χ1) is 11.5. The van der Waals surface area contributed by atoms with E-state index in [9.17, 15) is 4.79 Å². The van der Waals surface area contributed by atoms with Crippen LogP contribution in [0.25, 0.3) is 22.4 Å². The van der Waals surface area contributed by atoms with Crippen molar-refractivity contribution in [1.82, 2.24) is 20.2 Å². The second-order valence-corrected chi connectivity index (χ2v) is 6.26. The largest absolute Gasteiger partial charge is 0.351 e. The van der Waals surface area contributed by atoms with Crippen LogP contribution in [0.4, 0.5) is 0 Å². The first-order valence-corrected chi connectivity index (χ1v) is 8.10. The van der Waals surface area contributed by atoms with Crippen LogP contribution < -0.4 is 5.32 Å². The average Bonchev–Trinajstić information content (AvgIpc) is 2.97. The normalized spacial score (nSPS) is 11.2. The summed E-state index contributed by atoms with van der Waals surface area (Å²) in [7, 11) is 3.94. The maximum Gasteiger partial charge on any atom is 0.251 e. The lowest BCUT2D eigenvalue weighted by molar-refractivity contribution is 0.0951. The highest BCUT2D eigenvalue weighted by atomic mass is 35.5. The number of nitrogens with zero attached hydrogens (tertiary/aromatic N) is 2. The molecule has 2 N–H and O–H groups in total. The quantitative estimate of drug-likeness (QED) is 0.748. The number of H-pyrrole nitrogens is 1. The summed E-state index contributed by atoms with van der Waals surface area (Å²) >= 11 is 6.22. The van der Waals surface area contributed by atoms with Crippen molar-refractivity contribution < 1.29 is 4.79 Å². The van der Waals surface area contributed by atoms with Crippen LogP contribution >= 0.6 is 11.6 Å². The lowest BCUT2D eigenvalue weighted by atomic mass is 10.2. The van der Waals surface area contributed by atoms with E-state index in [0.717, 1.165) is 23.1 Å². The van der Waals surface area contributed by atoms with Gasteiger partial charge in [-0.15, -0.1) is 0 Å². The molecule has 0 spiro atoms. The number of rotatable bonds is 5. The lowest BCUT2D eigenvalue weighted by Gasteiger charge is -2.10. The molecule has 0 fully saturated rings. The summed E-state index contributed by atoms with van der Waals surface area (Å²) in [6.45, 7) is 1.41. The van der Waals surface area contributed by atoms with Crippen LogP contribution in [0.15, 0.2) is 42.5 Å². The van der Waals surface area contributed by atoms with Crippen molar-refractivity contribution in [2.24, 2.45) is 0 Å². The van der Waals surface area contributed by atoms with E-state index >= 15 is 0 Å². The van der Waals surface area contributed by atoms with E-state index in [4.69, 9.17) is 11.6 Å². The summed E-state index contributed by atoms with van der Waals surface area (Å²) in [4.78, 5) is 22.0. The fraction of sp³-hybridized carbons (Fsp3) is 0.222. The number of carbonyl (C=O) groups is 1. The van der Waals surface area contributed by atoms with Gasteiger partial charge in [-0.05, 0) is 44.4 Å². The van der Waals surface area contributed by atoms with Crippen LogP contribution in [0.3, 0.4) is 0 Å². The molecule has 0 bridgehead atoms. The smallest absolute Gasteiger partial charge is 0.251 e. The maximum atomic E-state index is 12.2. The Morgan fingerprint density at radius 3 is 2.79 bits per heavy atom. The standard InChI is InChI=1S/C18H19ClN4O/c1-23(2)10-9-20-18(24)12-7-8-15-16(11-12)22-17(21-15)13-5-3-4-6-14(13)19/h3-8,11H,9-10H2,1-2H3,(H,20,24)(H,21,22). The molecule has 24 heavy (non-hydrogen) atoms. The molecule has 6 heteroatoms. The number of carbonyl (C=O) groups excluding carboxylic acids is 1. The fourth-order valence-corrected chi connectivity index (χ4v) is 2.65. The van der Waals surface area contributed by atoms with Gasteiger partial charge in [0.2, 0.25) is 0 Å². The van der Waals surface area contributed by atoms with Gasteiger partial charge in [0.05, 0.1) is 16.1 Å². The second kappa shape index (κ2) is 7.03. The Hall–Kier alpha value is -2.37. The Bertz CT molecular complexity index is 872. The van der Waals surface area contributed by atoms with Crippen molar-refractivity contribution in [3.63, 3.8) is 0 Å². The molecule has 124 valence electrons. The predicted molar refractivity (Wildman–Crippen MR) is 97.4 cm³/mol. The zero-order valence-corrected chi connectivity index (χ0v) is 14.4. The van der Waals surface area contributed by atoms with Crippen molar-refractivity contribution in [3.05, 3.63) is 53.1 Å². The molecule has 1 amide bonds. The van der Waals surface area contributed by atoms with Gasteiger partial charge in [-0.1, -0.05) is 23.7 Å². The Morgan fingerprint density at radius 1 is 1.25 bits per heavy atom. The highest BCUT2D eigenvalue weighted by molar-refractivity contribution is 6.33. The number of hydrogen-bond donors (Lipinski definition) is 2. The van der Waals surface area contributed by atoms with Crippen LogP contribution in [-0.4, -0.2) is 48.0 Å². The van der Waals surface area contributed by atoms with Crippen LogP contribution in [0.1, 0.15) is 10.4 Å². The van der Waals surface area contributed by atoms with Crippen molar-refractivity contribution in [2.75, 3.05) is 27.2 Å². The van der Waals surface area contributed by atoms with E-state index in [-0.39, 0.29) is 5.91 Å². The van der Waals surface area contributed by atoms with Gasteiger partial charge in [-0.3, -0.25) is 4.79 Å². The molecule has 3 aromatic rings. The first-order valence-electron chi connectivity index (χ1n) is 7.72. The number of hydrogen-bond acceptors (Lipinski definition) is 3. The van der Waals surface area contributed by atoms with Crippen molar-refractivity contribution in [1.29, 1.82) is 0 Å². The Balaban J connectivity index is 1.84. The van der Waals surface area contributed by atoms with Gasteiger partial charge in [-0.2, -0.15) is 0 Å². The van der Waals surface area contributed by atoms with E-state index in [1.165, 1.54) is 0 Å². The number of imidazole rings is 1. The van der Waals surface area contributed by atoms with E-state index in [0.29, 0.717) is 23.0 Å². The van der Waals surface area contributed by atoms with Crippen LogP contribution in [0.5, 0.6) is 0 Å². The van der Waals surface area contributed by atoms with E-state index in [1.807, 2.05) is 55.4 Å². The minimum Gasteiger partial charge on any atom is -0.351 e. The highest BCUT2D eigenvalue weighted by Crippen LogP contribution is 2.27. The minimum absolute atomic E-state index is 0.0901. The zero-order chi connectivity index (χ0) is 17.1. The summed E-state index contributed by atoms with van der Waals surface area (Å²) in [6.07, 6.45) is 0. The molecule has 1 heterocycles. The summed E-state index contributed by atoms with van der Waals surface area (Å²) in [6, 6.07) is 13.0. The lowest BCUT2D eigenvalue weighted by Crippen LogP contribution is -2.31. The van der Waals surface area contributed by atoms with Crippen LogP contribution in [0.2, 0.25) is 5.02 Å². The monoisotopic (exact) mass is 342 g/mol.